The van der Waals surface area contributed by atoms with Crippen molar-refractivity contribution in [3.63, 3.8) is 0 Å². The number of nitrogens with one attached hydrogen (secondary N) is 2. The van der Waals surface area contributed by atoms with Gasteiger partial charge < -0.3 is 15.7 Å². The van der Waals surface area contributed by atoms with Crippen molar-refractivity contribution in [2.24, 2.45) is 0 Å². The zero-order valence-corrected chi connectivity index (χ0v) is 13.1. The summed E-state index contributed by atoms with van der Waals surface area (Å²) in [4.78, 5) is 25.1. The molecule has 21 heavy (non-hydrogen) atoms. The van der Waals surface area contributed by atoms with Gasteiger partial charge in [0.2, 0.25) is 5.91 Å². The van der Waals surface area contributed by atoms with E-state index in [0.717, 1.165) is 32.6 Å². The lowest BCUT2D eigenvalue weighted by Crippen LogP contribution is -2.35. The van der Waals surface area contributed by atoms with Crippen LogP contribution < -0.4 is 10.6 Å². The summed E-state index contributed by atoms with van der Waals surface area (Å²) >= 11 is 3.31. The number of aromatic carboxylic acids is 1. The van der Waals surface area contributed by atoms with Crippen molar-refractivity contribution < 1.29 is 14.7 Å². The SMILES string of the molecule is O=C(CN1CCCNCC1)Nc1cc(C(=O)O)ccc1Br. The number of carboxylic acid groups (broad SMARTS) is 1. The molecule has 1 saturated heterocycles. The molecule has 1 heterocycles. The number of hydrogen-bond donors (Lipinski definition) is 3. The molecule has 1 aromatic carbocycles. The fourth-order valence-electron chi connectivity index (χ4n) is 2.21. The Morgan fingerprint density at radius 1 is 1.33 bits per heavy atom. The highest BCUT2D eigenvalue weighted by atomic mass is 79.9. The normalized spacial score (nSPS) is 16.2. The van der Waals surface area contributed by atoms with Crippen LogP contribution in [0.25, 0.3) is 0 Å². The number of carboxylic acids is 1. The number of anilines is 1. The highest BCUT2D eigenvalue weighted by Gasteiger charge is 2.14. The van der Waals surface area contributed by atoms with Gasteiger partial charge in [0.25, 0.3) is 0 Å². The van der Waals surface area contributed by atoms with E-state index in [2.05, 4.69) is 31.5 Å². The standard InChI is InChI=1S/C14H18BrN3O3/c15-11-3-2-10(14(20)21)8-12(11)17-13(19)9-18-6-1-4-16-5-7-18/h2-3,8,16H,1,4-7,9H2,(H,17,19)(H,20,21). The fraction of sp³-hybridized carbons (Fsp3) is 0.429. The minimum absolute atomic E-state index is 0.139. The van der Waals surface area contributed by atoms with E-state index in [9.17, 15) is 9.59 Å². The van der Waals surface area contributed by atoms with Gasteiger partial charge in [-0.05, 0) is 53.6 Å². The molecule has 2 rings (SSSR count). The average molecular weight is 356 g/mol. The first-order valence-corrected chi connectivity index (χ1v) is 7.61. The largest absolute Gasteiger partial charge is 0.478 e. The van der Waals surface area contributed by atoms with E-state index < -0.39 is 5.97 Å². The zero-order valence-electron chi connectivity index (χ0n) is 11.6. The van der Waals surface area contributed by atoms with E-state index in [-0.39, 0.29) is 11.5 Å². The molecule has 1 aliphatic rings. The average Bonchev–Trinajstić information content (AvgIpc) is 2.69. The third-order valence-electron chi connectivity index (χ3n) is 3.29. The molecule has 0 spiro atoms. The maximum Gasteiger partial charge on any atom is 0.335 e. The van der Waals surface area contributed by atoms with Gasteiger partial charge in [-0.1, -0.05) is 0 Å². The predicted molar refractivity (Wildman–Crippen MR) is 83.7 cm³/mol. The van der Waals surface area contributed by atoms with Crippen molar-refractivity contribution in [3.05, 3.63) is 28.2 Å². The van der Waals surface area contributed by atoms with E-state index in [0.29, 0.717) is 16.7 Å². The topological polar surface area (TPSA) is 81.7 Å². The number of amides is 1. The summed E-state index contributed by atoms with van der Waals surface area (Å²) in [7, 11) is 0. The van der Waals surface area contributed by atoms with Gasteiger partial charge in [-0.3, -0.25) is 9.69 Å². The molecule has 0 bridgehead atoms. The van der Waals surface area contributed by atoms with Crippen LogP contribution in [0.1, 0.15) is 16.8 Å². The summed E-state index contributed by atoms with van der Waals surface area (Å²) in [5.74, 6) is -1.16. The quantitative estimate of drug-likeness (QED) is 0.760. The lowest BCUT2D eigenvalue weighted by molar-refractivity contribution is -0.117. The van der Waals surface area contributed by atoms with E-state index in [1.807, 2.05) is 0 Å². The Balaban J connectivity index is 1.98. The van der Waals surface area contributed by atoms with Crippen LogP contribution in [-0.4, -0.2) is 54.6 Å². The van der Waals surface area contributed by atoms with E-state index >= 15 is 0 Å². The molecular formula is C14H18BrN3O3. The molecule has 0 atom stereocenters. The minimum atomic E-state index is -1.02. The highest BCUT2D eigenvalue weighted by Crippen LogP contribution is 2.23. The molecule has 1 amide bonds. The molecule has 1 aliphatic heterocycles. The number of halogens is 1. The zero-order chi connectivity index (χ0) is 15.2. The Kier molecular flexibility index (Phi) is 5.72. The Labute approximate surface area is 131 Å². The Bertz CT molecular complexity index is 528. The van der Waals surface area contributed by atoms with Gasteiger partial charge in [-0.15, -0.1) is 0 Å². The van der Waals surface area contributed by atoms with Crippen LogP contribution in [0.2, 0.25) is 0 Å². The lowest BCUT2D eigenvalue weighted by atomic mass is 10.2. The lowest BCUT2D eigenvalue weighted by Gasteiger charge is -2.19. The molecule has 0 aromatic heterocycles. The van der Waals surface area contributed by atoms with Crippen LogP contribution in [0.5, 0.6) is 0 Å². The fourth-order valence-corrected chi connectivity index (χ4v) is 2.55. The van der Waals surface area contributed by atoms with Crippen molar-refractivity contribution in [2.75, 3.05) is 38.0 Å². The number of carbonyl (C=O) groups excluding carboxylic acids is 1. The summed E-state index contributed by atoms with van der Waals surface area (Å²) in [5.41, 5.74) is 0.625. The summed E-state index contributed by atoms with van der Waals surface area (Å²) in [5, 5.41) is 15.0. The second-order valence-electron chi connectivity index (χ2n) is 4.93. The van der Waals surface area contributed by atoms with Crippen LogP contribution in [0, 0.1) is 0 Å². The molecule has 0 saturated carbocycles. The number of benzene rings is 1. The second-order valence-corrected chi connectivity index (χ2v) is 5.78. The first-order valence-electron chi connectivity index (χ1n) is 6.82. The molecule has 0 unspecified atom stereocenters. The Morgan fingerprint density at radius 3 is 2.90 bits per heavy atom. The summed E-state index contributed by atoms with van der Waals surface area (Å²) < 4.78 is 0.665. The minimum Gasteiger partial charge on any atom is -0.478 e. The molecule has 0 radical (unpaired) electrons. The monoisotopic (exact) mass is 355 g/mol. The number of hydrogen-bond acceptors (Lipinski definition) is 4. The smallest absolute Gasteiger partial charge is 0.335 e. The van der Waals surface area contributed by atoms with Gasteiger partial charge in [0.1, 0.15) is 0 Å². The third kappa shape index (κ3) is 4.80. The first-order chi connectivity index (χ1) is 10.1. The molecule has 7 heteroatoms. The molecule has 1 aromatic rings. The Hall–Kier alpha value is -1.44. The molecule has 114 valence electrons. The summed E-state index contributed by atoms with van der Waals surface area (Å²) in [6.45, 7) is 3.89. The Morgan fingerprint density at radius 2 is 2.14 bits per heavy atom. The summed E-state index contributed by atoms with van der Waals surface area (Å²) in [6, 6.07) is 4.56. The van der Waals surface area contributed by atoms with Gasteiger partial charge in [0.15, 0.2) is 0 Å². The molecule has 3 N–H and O–H groups in total. The van der Waals surface area contributed by atoms with Crippen LogP contribution >= 0.6 is 15.9 Å². The summed E-state index contributed by atoms with van der Waals surface area (Å²) in [6.07, 6.45) is 1.02. The number of carbonyl (C=O) groups is 2. The van der Waals surface area contributed by atoms with Crippen LogP contribution in [0.15, 0.2) is 22.7 Å². The van der Waals surface area contributed by atoms with Crippen LogP contribution in [0.3, 0.4) is 0 Å². The highest BCUT2D eigenvalue weighted by molar-refractivity contribution is 9.10. The first kappa shape index (κ1) is 15.9. The van der Waals surface area contributed by atoms with Crippen LogP contribution in [0.4, 0.5) is 5.69 Å². The maximum atomic E-state index is 12.1. The van der Waals surface area contributed by atoms with Gasteiger partial charge in [-0.25, -0.2) is 4.79 Å². The van der Waals surface area contributed by atoms with E-state index in [4.69, 9.17) is 5.11 Å². The van der Waals surface area contributed by atoms with E-state index in [1.165, 1.54) is 12.1 Å². The van der Waals surface area contributed by atoms with E-state index in [1.54, 1.807) is 6.07 Å². The molecule has 6 nitrogen and oxygen atoms in total. The van der Waals surface area contributed by atoms with Crippen molar-refractivity contribution in [3.8, 4) is 0 Å². The third-order valence-corrected chi connectivity index (χ3v) is 3.98. The van der Waals surface area contributed by atoms with Gasteiger partial charge in [-0.2, -0.15) is 0 Å². The molecular weight excluding hydrogens is 338 g/mol. The van der Waals surface area contributed by atoms with Crippen LogP contribution in [-0.2, 0) is 4.79 Å². The van der Waals surface area contributed by atoms with Gasteiger partial charge in [0, 0.05) is 17.6 Å². The second kappa shape index (κ2) is 7.53. The molecule has 0 aliphatic carbocycles. The van der Waals surface area contributed by atoms with Crippen molar-refractivity contribution in [1.82, 2.24) is 10.2 Å². The number of nitrogens with zero attached hydrogens (tertiary/aromatic N) is 1. The number of rotatable bonds is 4. The van der Waals surface area contributed by atoms with Crippen molar-refractivity contribution >= 4 is 33.5 Å². The van der Waals surface area contributed by atoms with Crippen molar-refractivity contribution in [2.45, 2.75) is 6.42 Å². The maximum absolute atomic E-state index is 12.1. The predicted octanol–water partition coefficient (Wildman–Crippen LogP) is 1.38. The molecule has 1 fully saturated rings. The van der Waals surface area contributed by atoms with Gasteiger partial charge >= 0.3 is 5.97 Å². The van der Waals surface area contributed by atoms with Crippen molar-refractivity contribution in [1.29, 1.82) is 0 Å². The van der Waals surface area contributed by atoms with Gasteiger partial charge in [0.05, 0.1) is 17.8 Å².